The molecule has 4 N–H and O–H groups in total. The molecule has 50 heavy (non-hydrogen) atoms. The molecule has 1 fully saturated rings. The molecule has 1 aliphatic rings. The minimum absolute atomic E-state index is 0.113. The monoisotopic (exact) mass is 713 g/mol. The summed E-state index contributed by atoms with van der Waals surface area (Å²) in [5.74, 6) is -0.319. The number of allylic oxidation sites excluding steroid dienone is 4. The fraction of sp³-hybridized carbons (Fsp3) is 0.878. The van der Waals surface area contributed by atoms with E-state index in [1.165, 1.54) is 109 Å². The molecular formula is C41H76O9. The average molecular weight is 713 g/mol. The lowest BCUT2D eigenvalue weighted by Gasteiger charge is -2.39. The summed E-state index contributed by atoms with van der Waals surface area (Å²) >= 11 is 0. The summed E-state index contributed by atoms with van der Waals surface area (Å²) in [4.78, 5) is 12.7. The zero-order valence-corrected chi connectivity index (χ0v) is 31.9. The first-order valence-electron chi connectivity index (χ1n) is 20.4. The molecule has 0 aromatic carbocycles. The zero-order valence-electron chi connectivity index (χ0n) is 31.9. The second kappa shape index (κ2) is 33.5. The van der Waals surface area contributed by atoms with Crippen LogP contribution >= 0.6 is 0 Å². The van der Waals surface area contributed by atoms with E-state index in [9.17, 15) is 25.2 Å². The molecule has 0 bridgehead atoms. The van der Waals surface area contributed by atoms with E-state index in [1.54, 1.807) is 0 Å². The van der Waals surface area contributed by atoms with Crippen LogP contribution in [-0.2, 0) is 23.7 Å². The highest BCUT2D eigenvalue weighted by Crippen LogP contribution is 2.22. The van der Waals surface area contributed by atoms with Gasteiger partial charge in [0.25, 0.3) is 0 Å². The number of carbonyl (C=O) groups excluding carboxylic acids is 1. The lowest BCUT2D eigenvalue weighted by atomic mass is 9.99. The maximum atomic E-state index is 12.7. The van der Waals surface area contributed by atoms with E-state index >= 15 is 0 Å². The molecule has 0 radical (unpaired) electrons. The predicted molar refractivity (Wildman–Crippen MR) is 201 cm³/mol. The second-order valence-corrected chi connectivity index (χ2v) is 14.1. The van der Waals surface area contributed by atoms with Gasteiger partial charge in [-0.25, -0.2) is 0 Å². The van der Waals surface area contributed by atoms with Gasteiger partial charge >= 0.3 is 5.97 Å². The van der Waals surface area contributed by atoms with Gasteiger partial charge in [0.15, 0.2) is 6.29 Å². The summed E-state index contributed by atoms with van der Waals surface area (Å²) in [7, 11) is 0. The van der Waals surface area contributed by atoms with Gasteiger partial charge in [0.05, 0.1) is 19.8 Å². The van der Waals surface area contributed by atoms with Crippen LogP contribution in [0.25, 0.3) is 0 Å². The molecule has 0 aromatic heterocycles. The Morgan fingerprint density at radius 3 is 1.76 bits per heavy atom. The zero-order chi connectivity index (χ0) is 36.5. The van der Waals surface area contributed by atoms with Crippen LogP contribution in [-0.4, -0.2) is 89.6 Å². The number of aliphatic hydroxyl groups excluding tert-OH is 4. The maximum Gasteiger partial charge on any atom is 0.306 e. The Balaban J connectivity index is 2.26. The molecule has 0 amide bonds. The Morgan fingerprint density at radius 1 is 0.640 bits per heavy atom. The highest BCUT2D eigenvalue weighted by molar-refractivity contribution is 5.69. The predicted octanol–water partition coefficient (Wildman–Crippen LogP) is 8.25. The van der Waals surface area contributed by atoms with Crippen molar-refractivity contribution in [2.75, 3.05) is 26.4 Å². The third-order valence-corrected chi connectivity index (χ3v) is 9.37. The molecule has 1 saturated heterocycles. The molecule has 0 saturated carbocycles. The van der Waals surface area contributed by atoms with E-state index in [1.807, 2.05) is 0 Å². The first-order valence-corrected chi connectivity index (χ1v) is 20.4. The van der Waals surface area contributed by atoms with Gasteiger partial charge in [-0.1, -0.05) is 141 Å². The van der Waals surface area contributed by atoms with Crippen molar-refractivity contribution in [3.63, 3.8) is 0 Å². The SMILES string of the molecule is CCCCC/C=C\C/C=C\CCCCCCCCCCOCC(COC1OC(CO)C(O)C(O)C1O)OC(=O)CCCCCCCCCCC. The Hall–Kier alpha value is -1.33. The highest BCUT2D eigenvalue weighted by Gasteiger charge is 2.44. The summed E-state index contributed by atoms with van der Waals surface area (Å²) in [6, 6.07) is 0. The first kappa shape index (κ1) is 46.7. The Kier molecular flexibility index (Phi) is 31.3. The van der Waals surface area contributed by atoms with Gasteiger partial charge in [0, 0.05) is 13.0 Å². The van der Waals surface area contributed by atoms with Crippen molar-refractivity contribution < 1.29 is 44.2 Å². The van der Waals surface area contributed by atoms with Gasteiger partial charge in [-0.15, -0.1) is 0 Å². The van der Waals surface area contributed by atoms with Gasteiger partial charge in [0.1, 0.15) is 30.5 Å². The van der Waals surface area contributed by atoms with Gasteiger partial charge < -0.3 is 39.4 Å². The molecule has 1 heterocycles. The number of ether oxygens (including phenoxy) is 4. The topological polar surface area (TPSA) is 135 Å². The molecule has 1 aliphatic heterocycles. The van der Waals surface area contributed by atoms with Crippen molar-refractivity contribution in [3.8, 4) is 0 Å². The summed E-state index contributed by atoms with van der Waals surface area (Å²) in [5.41, 5.74) is 0. The largest absolute Gasteiger partial charge is 0.457 e. The molecule has 6 unspecified atom stereocenters. The lowest BCUT2D eigenvalue weighted by Crippen LogP contribution is -2.59. The number of unbranched alkanes of at least 4 members (excludes halogenated alkanes) is 19. The van der Waals surface area contributed by atoms with E-state index in [0.717, 1.165) is 38.5 Å². The van der Waals surface area contributed by atoms with Crippen molar-refractivity contribution in [1.29, 1.82) is 0 Å². The lowest BCUT2D eigenvalue weighted by molar-refractivity contribution is -0.305. The van der Waals surface area contributed by atoms with Crippen LogP contribution in [0, 0.1) is 0 Å². The average Bonchev–Trinajstić information content (AvgIpc) is 3.11. The van der Waals surface area contributed by atoms with Crippen molar-refractivity contribution in [2.45, 2.75) is 205 Å². The maximum absolute atomic E-state index is 12.7. The summed E-state index contributed by atoms with van der Waals surface area (Å²) in [6.45, 7) is 4.50. The minimum Gasteiger partial charge on any atom is -0.457 e. The Bertz CT molecular complexity index is 818. The standard InChI is InChI=1S/C41H76O9/c1-3-5-7-9-11-13-14-15-16-17-18-19-20-21-23-25-27-29-31-47-33-35(34-48-41-40(46)39(45)38(44)36(32-42)50-41)49-37(43)30-28-26-24-22-12-10-8-6-4-2/h11,13,15-16,35-36,38-42,44-46H,3-10,12,14,17-34H2,1-2H3/b13-11-,16-15-. The van der Waals surface area contributed by atoms with Crippen LogP contribution in [0.3, 0.4) is 0 Å². The van der Waals surface area contributed by atoms with E-state index in [4.69, 9.17) is 18.9 Å². The first-order chi connectivity index (χ1) is 24.4. The van der Waals surface area contributed by atoms with Gasteiger partial charge in [0.2, 0.25) is 0 Å². The smallest absolute Gasteiger partial charge is 0.306 e. The van der Waals surface area contributed by atoms with Crippen LogP contribution in [0.4, 0.5) is 0 Å². The number of aliphatic hydroxyl groups is 4. The van der Waals surface area contributed by atoms with E-state index in [-0.39, 0.29) is 19.2 Å². The van der Waals surface area contributed by atoms with Gasteiger partial charge in [-0.3, -0.25) is 4.79 Å². The fourth-order valence-corrected chi connectivity index (χ4v) is 6.11. The molecular weight excluding hydrogens is 636 g/mol. The third kappa shape index (κ3) is 24.8. The fourth-order valence-electron chi connectivity index (χ4n) is 6.11. The highest BCUT2D eigenvalue weighted by atomic mass is 16.7. The molecule has 0 aromatic rings. The number of esters is 1. The quantitative estimate of drug-likeness (QED) is 0.0296. The van der Waals surface area contributed by atoms with Crippen LogP contribution < -0.4 is 0 Å². The molecule has 9 heteroatoms. The van der Waals surface area contributed by atoms with E-state index in [0.29, 0.717) is 13.0 Å². The summed E-state index contributed by atoms with van der Waals surface area (Å²) in [5, 5.41) is 39.9. The molecule has 0 spiro atoms. The number of carbonyl (C=O) groups is 1. The number of rotatable bonds is 34. The molecule has 1 rings (SSSR count). The minimum atomic E-state index is -1.53. The van der Waals surface area contributed by atoms with Crippen LogP contribution in [0.2, 0.25) is 0 Å². The molecule has 0 aliphatic carbocycles. The van der Waals surface area contributed by atoms with E-state index < -0.39 is 43.4 Å². The number of hydrogen-bond donors (Lipinski definition) is 4. The molecule has 9 nitrogen and oxygen atoms in total. The van der Waals surface area contributed by atoms with Crippen LogP contribution in [0.5, 0.6) is 0 Å². The second-order valence-electron chi connectivity index (χ2n) is 14.1. The molecule has 6 atom stereocenters. The van der Waals surface area contributed by atoms with Crippen molar-refractivity contribution in [2.24, 2.45) is 0 Å². The summed E-state index contributed by atoms with van der Waals surface area (Å²) < 4.78 is 22.7. The van der Waals surface area contributed by atoms with Crippen LogP contribution in [0.15, 0.2) is 24.3 Å². The van der Waals surface area contributed by atoms with E-state index in [2.05, 4.69) is 38.2 Å². The van der Waals surface area contributed by atoms with Crippen LogP contribution in [0.1, 0.15) is 168 Å². The normalized spacial score (nSPS) is 21.8. The van der Waals surface area contributed by atoms with Gasteiger partial charge in [-0.2, -0.15) is 0 Å². The Labute approximate surface area is 305 Å². The van der Waals surface area contributed by atoms with Gasteiger partial charge in [-0.05, 0) is 44.9 Å². The summed E-state index contributed by atoms with van der Waals surface area (Å²) in [6.07, 6.45) is 29.2. The Morgan fingerprint density at radius 2 is 1.16 bits per heavy atom. The molecule has 294 valence electrons. The third-order valence-electron chi connectivity index (χ3n) is 9.37. The van der Waals surface area contributed by atoms with Crippen molar-refractivity contribution in [3.05, 3.63) is 24.3 Å². The number of hydrogen-bond acceptors (Lipinski definition) is 9. The van der Waals surface area contributed by atoms with Crippen molar-refractivity contribution >= 4 is 5.97 Å². The van der Waals surface area contributed by atoms with Crippen molar-refractivity contribution in [1.82, 2.24) is 0 Å².